The number of rotatable bonds is 10. The van der Waals surface area contributed by atoms with E-state index in [4.69, 9.17) is 10.9 Å². The van der Waals surface area contributed by atoms with Gasteiger partial charge in [-0.25, -0.2) is 23.9 Å². The molecule has 0 saturated heterocycles. The molecule has 0 aliphatic rings. The summed E-state index contributed by atoms with van der Waals surface area (Å²) in [5.74, 6) is -0.812. The Morgan fingerprint density at radius 2 is 2.15 bits per heavy atom. The van der Waals surface area contributed by atoms with Crippen LogP contribution in [0.2, 0.25) is 0 Å². The quantitative estimate of drug-likeness (QED) is 0.144. The van der Waals surface area contributed by atoms with Gasteiger partial charge in [-0.2, -0.15) is 4.72 Å². The molecule has 0 saturated carbocycles. The van der Waals surface area contributed by atoms with E-state index >= 15 is 0 Å². The SMILES string of the molecule is CSc1nccc(-c2ccc(S(=O)(=O)N[C@@H](CCCCN)C(=O)NO)s2)n1. The fourth-order valence-electron chi connectivity index (χ4n) is 2.24. The van der Waals surface area contributed by atoms with Gasteiger partial charge in [0.1, 0.15) is 10.3 Å². The summed E-state index contributed by atoms with van der Waals surface area (Å²) in [6.07, 6.45) is 4.88. The van der Waals surface area contributed by atoms with Crippen LogP contribution in [-0.4, -0.2) is 48.3 Å². The topological polar surface area (TPSA) is 147 Å². The largest absolute Gasteiger partial charge is 0.330 e. The standard InChI is InChI=1S/C15H21N5O4S3/c1-25-15-17-9-7-10(18-15)12-5-6-13(26-12)27(23,24)20-11(14(21)19-22)4-2-3-8-16/h5-7,9,11,20,22H,2-4,8,16H2,1H3,(H,19,21)/t11-/m0/s1. The lowest BCUT2D eigenvalue weighted by Crippen LogP contribution is -2.45. The molecule has 0 unspecified atom stereocenters. The van der Waals surface area contributed by atoms with Gasteiger partial charge >= 0.3 is 0 Å². The minimum atomic E-state index is -3.94. The average Bonchev–Trinajstić information content (AvgIpc) is 3.18. The van der Waals surface area contributed by atoms with Gasteiger partial charge in [0.15, 0.2) is 5.16 Å². The molecule has 2 heterocycles. The molecule has 12 heteroatoms. The average molecular weight is 432 g/mol. The van der Waals surface area contributed by atoms with E-state index in [1.807, 2.05) is 6.26 Å². The first kappa shape index (κ1) is 21.7. The number of amides is 1. The summed E-state index contributed by atoms with van der Waals surface area (Å²) in [6, 6.07) is 3.72. The molecule has 1 amide bonds. The third kappa shape index (κ3) is 5.96. The van der Waals surface area contributed by atoms with Crippen LogP contribution in [0.5, 0.6) is 0 Å². The van der Waals surface area contributed by atoms with Gasteiger partial charge in [-0.1, -0.05) is 18.2 Å². The first-order valence-corrected chi connectivity index (χ1v) is 11.6. The zero-order chi connectivity index (χ0) is 19.9. The van der Waals surface area contributed by atoms with Crippen LogP contribution in [0.1, 0.15) is 19.3 Å². The van der Waals surface area contributed by atoms with Gasteiger partial charge in [0, 0.05) is 6.20 Å². The minimum absolute atomic E-state index is 0.0522. The molecule has 2 rings (SSSR count). The van der Waals surface area contributed by atoms with Crippen molar-refractivity contribution in [2.75, 3.05) is 12.8 Å². The van der Waals surface area contributed by atoms with Gasteiger partial charge < -0.3 is 5.73 Å². The fraction of sp³-hybridized carbons (Fsp3) is 0.400. The van der Waals surface area contributed by atoms with Gasteiger partial charge in [0.2, 0.25) is 0 Å². The summed E-state index contributed by atoms with van der Waals surface area (Å²) >= 11 is 2.43. The number of nitrogens with two attached hydrogens (primary N) is 1. The summed E-state index contributed by atoms with van der Waals surface area (Å²) in [4.78, 5) is 20.9. The Kier molecular flexibility index (Phi) is 8.13. The van der Waals surface area contributed by atoms with E-state index in [-0.39, 0.29) is 10.6 Å². The lowest BCUT2D eigenvalue weighted by molar-refractivity contribution is -0.131. The summed E-state index contributed by atoms with van der Waals surface area (Å²) in [7, 11) is -3.94. The third-order valence-electron chi connectivity index (χ3n) is 3.59. The molecule has 0 spiro atoms. The maximum absolute atomic E-state index is 12.6. The Bertz CT molecular complexity index is 872. The second-order valence-corrected chi connectivity index (χ2v) is 9.28. The minimum Gasteiger partial charge on any atom is -0.330 e. The zero-order valence-electron chi connectivity index (χ0n) is 14.6. The van der Waals surface area contributed by atoms with Crippen molar-refractivity contribution in [2.45, 2.75) is 34.7 Å². The van der Waals surface area contributed by atoms with Crippen molar-refractivity contribution in [3.05, 3.63) is 24.4 Å². The monoisotopic (exact) mass is 431 g/mol. The number of thiophene rings is 1. The molecule has 0 aromatic carbocycles. The Hall–Kier alpha value is -1.57. The van der Waals surface area contributed by atoms with E-state index in [1.54, 1.807) is 18.3 Å². The van der Waals surface area contributed by atoms with Crippen molar-refractivity contribution in [3.8, 4) is 10.6 Å². The lowest BCUT2D eigenvalue weighted by Gasteiger charge is -2.16. The van der Waals surface area contributed by atoms with Crippen molar-refractivity contribution >= 4 is 39.0 Å². The molecule has 0 aliphatic heterocycles. The Morgan fingerprint density at radius 1 is 1.37 bits per heavy atom. The maximum atomic E-state index is 12.6. The number of hydrogen-bond acceptors (Lipinski definition) is 9. The van der Waals surface area contributed by atoms with Crippen LogP contribution in [0, 0.1) is 0 Å². The van der Waals surface area contributed by atoms with E-state index in [2.05, 4.69) is 14.7 Å². The molecule has 2 aromatic rings. The number of hydroxylamine groups is 1. The Balaban J connectivity index is 2.20. The number of aromatic nitrogens is 2. The van der Waals surface area contributed by atoms with Crippen LogP contribution in [-0.2, 0) is 14.8 Å². The first-order chi connectivity index (χ1) is 12.9. The molecule has 27 heavy (non-hydrogen) atoms. The number of nitrogens with one attached hydrogen (secondary N) is 2. The number of sulfonamides is 1. The second-order valence-electron chi connectivity index (χ2n) is 5.48. The number of carbonyl (C=O) groups excluding carboxylic acids is 1. The zero-order valence-corrected chi connectivity index (χ0v) is 17.0. The number of thioether (sulfide) groups is 1. The highest BCUT2D eigenvalue weighted by molar-refractivity contribution is 7.98. The summed E-state index contributed by atoms with van der Waals surface area (Å²) < 4.78 is 27.7. The predicted molar refractivity (Wildman–Crippen MR) is 104 cm³/mol. The molecule has 0 fully saturated rings. The Morgan fingerprint density at radius 3 is 2.81 bits per heavy atom. The van der Waals surface area contributed by atoms with Gasteiger partial charge in [0.25, 0.3) is 15.9 Å². The van der Waals surface area contributed by atoms with Crippen LogP contribution in [0.15, 0.2) is 33.8 Å². The van der Waals surface area contributed by atoms with Crippen LogP contribution < -0.4 is 15.9 Å². The fourth-order valence-corrected chi connectivity index (χ4v) is 5.12. The molecule has 148 valence electrons. The molecular weight excluding hydrogens is 410 g/mol. The second kappa shape index (κ2) is 10.1. The number of hydrogen-bond donors (Lipinski definition) is 4. The number of unbranched alkanes of at least 4 members (excludes halogenated alkanes) is 1. The van der Waals surface area contributed by atoms with Gasteiger partial charge in [-0.3, -0.25) is 10.0 Å². The molecule has 1 atom stereocenters. The van der Waals surface area contributed by atoms with E-state index < -0.39 is 22.0 Å². The number of carbonyl (C=O) groups is 1. The molecular formula is C15H21N5O4S3. The van der Waals surface area contributed by atoms with Crippen LogP contribution >= 0.6 is 23.1 Å². The molecule has 9 nitrogen and oxygen atoms in total. The molecule has 5 N–H and O–H groups in total. The van der Waals surface area contributed by atoms with E-state index in [0.717, 1.165) is 11.3 Å². The van der Waals surface area contributed by atoms with E-state index in [1.165, 1.54) is 23.3 Å². The van der Waals surface area contributed by atoms with Gasteiger partial charge in [-0.15, -0.1) is 11.3 Å². The highest BCUT2D eigenvalue weighted by atomic mass is 32.2. The highest BCUT2D eigenvalue weighted by Crippen LogP contribution is 2.30. The van der Waals surface area contributed by atoms with Crippen LogP contribution in [0.25, 0.3) is 10.6 Å². The third-order valence-corrected chi connectivity index (χ3v) is 7.22. The van der Waals surface area contributed by atoms with Crippen molar-refractivity contribution in [1.29, 1.82) is 0 Å². The van der Waals surface area contributed by atoms with Crippen molar-refractivity contribution in [1.82, 2.24) is 20.2 Å². The smallest absolute Gasteiger partial charge is 0.261 e. The lowest BCUT2D eigenvalue weighted by atomic mass is 10.1. The van der Waals surface area contributed by atoms with Crippen molar-refractivity contribution < 1.29 is 18.4 Å². The Labute approximate surface area is 165 Å². The van der Waals surface area contributed by atoms with Crippen LogP contribution in [0.4, 0.5) is 0 Å². The molecule has 0 bridgehead atoms. The van der Waals surface area contributed by atoms with E-state index in [9.17, 15) is 13.2 Å². The summed E-state index contributed by atoms with van der Waals surface area (Å²) in [6.45, 7) is 0.436. The predicted octanol–water partition coefficient (Wildman–Crippen LogP) is 1.21. The summed E-state index contributed by atoms with van der Waals surface area (Å²) in [5.41, 5.74) is 7.54. The van der Waals surface area contributed by atoms with Crippen molar-refractivity contribution in [3.63, 3.8) is 0 Å². The van der Waals surface area contributed by atoms with Gasteiger partial charge in [0.05, 0.1) is 10.6 Å². The summed E-state index contributed by atoms with van der Waals surface area (Å²) in [5, 5.41) is 9.44. The number of nitrogens with zero attached hydrogens (tertiary/aromatic N) is 2. The van der Waals surface area contributed by atoms with Crippen molar-refractivity contribution in [2.24, 2.45) is 5.73 Å². The highest BCUT2D eigenvalue weighted by Gasteiger charge is 2.26. The molecule has 0 aliphatic carbocycles. The normalized spacial score (nSPS) is 12.7. The van der Waals surface area contributed by atoms with E-state index in [0.29, 0.717) is 35.1 Å². The maximum Gasteiger partial charge on any atom is 0.261 e. The van der Waals surface area contributed by atoms with Crippen LogP contribution in [0.3, 0.4) is 0 Å². The van der Waals surface area contributed by atoms with Gasteiger partial charge in [-0.05, 0) is 43.8 Å². The first-order valence-electron chi connectivity index (χ1n) is 8.05. The molecule has 2 aromatic heterocycles. The molecule has 0 radical (unpaired) electrons.